The molecule has 1 atom stereocenters. The minimum atomic E-state index is -0.205. The molecule has 7 nitrogen and oxygen atoms in total. The molecule has 128 valence electrons. The molecule has 3 heterocycles. The second-order valence-electron chi connectivity index (χ2n) is 5.74. The Morgan fingerprint density at radius 2 is 2.25 bits per heavy atom. The zero-order valence-electron chi connectivity index (χ0n) is 13.7. The Hall–Kier alpha value is -2.19. The van der Waals surface area contributed by atoms with Crippen molar-refractivity contribution in [2.24, 2.45) is 0 Å². The van der Waals surface area contributed by atoms with E-state index in [0.29, 0.717) is 31.8 Å². The number of thiophene rings is 1. The van der Waals surface area contributed by atoms with Gasteiger partial charge in [0.1, 0.15) is 5.69 Å². The number of aromatic nitrogens is 2. The standard InChI is InChI=1S/C16H20N4O3S/c1-10-3-4-14(24-10)16(22)18-11-7-12-8-13(19-20(12)9-11)15(21)17-5-6-23-2/h3-4,8,11H,5-7,9H2,1-2H3,(H,17,21)(H,18,22)/t11-/m0/s1. The number of nitrogens with zero attached hydrogens (tertiary/aromatic N) is 2. The fraction of sp³-hybridized carbons (Fsp3) is 0.438. The maximum Gasteiger partial charge on any atom is 0.271 e. The summed E-state index contributed by atoms with van der Waals surface area (Å²) in [6, 6.07) is 5.57. The van der Waals surface area contributed by atoms with Crippen LogP contribution in [0.25, 0.3) is 0 Å². The van der Waals surface area contributed by atoms with E-state index in [2.05, 4.69) is 15.7 Å². The fourth-order valence-electron chi connectivity index (χ4n) is 2.68. The SMILES string of the molecule is COCCNC(=O)c1cc2n(n1)C[C@@H](NC(=O)c1ccc(C)s1)C2. The van der Waals surface area contributed by atoms with Gasteiger partial charge in [0.2, 0.25) is 0 Å². The maximum absolute atomic E-state index is 12.2. The van der Waals surface area contributed by atoms with Crippen molar-refractivity contribution >= 4 is 23.2 Å². The highest BCUT2D eigenvalue weighted by atomic mass is 32.1. The van der Waals surface area contributed by atoms with Crippen LogP contribution in [0, 0.1) is 6.92 Å². The molecule has 0 unspecified atom stereocenters. The molecule has 0 saturated carbocycles. The Kier molecular flexibility index (Phi) is 4.96. The lowest BCUT2D eigenvalue weighted by Gasteiger charge is -2.10. The molecule has 0 radical (unpaired) electrons. The molecular formula is C16H20N4O3S. The third-order valence-electron chi connectivity index (χ3n) is 3.84. The lowest BCUT2D eigenvalue weighted by Crippen LogP contribution is -2.35. The van der Waals surface area contributed by atoms with Crippen LogP contribution in [0.4, 0.5) is 0 Å². The summed E-state index contributed by atoms with van der Waals surface area (Å²) in [5, 5.41) is 10.1. The highest BCUT2D eigenvalue weighted by molar-refractivity contribution is 7.13. The zero-order chi connectivity index (χ0) is 17.1. The molecule has 0 fully saturated rings. The molecule has 8 heteroatoms. The van der Waals surface area contributed by atoms with Crippen molar-refractivity contribution in [1.29, 1.82) is 0 Å². The van der Waals surface area contributed by atoms with Crippen LogP contribution in [0.3, 0.4) is 0 Å². The van der Waals surface area contributed by atoms with Gasteiger partial charge in [0.25, 0.3) is 11.8 Å². The highest BCUT2D eigenvalue weighted by Gasteiger charge is 2.26. The molecule has 1 aliphatic rings. The number of aryl methyl sites for hydroxylation is 1. The summed E-state index contributed by atoms with van der Waals surface area (Å²) in [5.74, 6) is -0.259. The van der Waals surface area contributed by atoms with Gasteiger partial charge in [-0.2, -0.15) is 5.10 Å². The van der Waals surface area contributed by atoms with E-state index in [0.717, 1.165) is 15.4 Å². The van der Waals surface area contributed by atoms with Gasteiger partial charge in [-0.3, -0.25) is 14.3 Å². The van der Waals surface area contributed by atoms with E-state index in [-0.39, 0.29) is 17.9 Å². The topological polar surface area (TPSA) is 85.2 Å². The van der Waals surface area contributed by atoms with Crippen molar-refractivity contribution in [3.05, 3.63) is 39.3 Å². The summed E-state index contributed by atoms with van der Waals surface area (Å²) in [6.45, 7) is 3.48. The Morgan fingerprint density at radius 1 is 1.42 bits per heavy atom. The summed E-state index contributed by atoms with van der Waals surface area (Å²) in [4.78, 5) is 26.0. The molecule has 2 N–H and O–H groups in total. The summed E-state index contributed by atoms with van der Waals surface area (Å²) >= 11 is 1.48. The van der Waals surface area contributed by atoms with E-state index in [1.807, 2.05) is 19.1 Å². The number of fused-ring (bicyclic) bond motifs is 1. The third-order valence-corrected chi connectivity index (χ3v) is 4.84. The van der Waals surface area contributed by atoms with E-state index in [9.17, 15) is 9.59 Å². The Balaban J connectivity index is 1.55. The molecular weight excluding hydrogens is 328 g/mol. The predicted octanol–water partition coefficient (Wildman–Crippen LogP) is 0.984. The molecule has 0 aromatic carbocycles. The first kappa shape index (κ1) is 16.7. The first-order valence-corrected chi connectivity index (χ1v) is 8.59. The van der Waals surface area contributed by atoms with Crippen molar-refractivity contribution in [3.8, 4) is 0 Å². The maximum atomic E-state index is 12.2. The number of rotatable bonds is 6. The van der Waals surface area contributed by atoms with Crippen molar-refractivity contribution in [2.75, 3.05) is 20.3 Å². The first-order chi connectivity index (χ1) is 11.6. The number of amides is 2. The number of methoxy groups -OCH3 is 1. The summed E-state index contributed by atoms with van der Waals surface area (Å²) < 4.78 is 6.69. The summed E-state index contributed by atoms with van der Waals surface area (Å²) in [5.41, 5.74) is 1.36. The largest absolute Gasteiger partial charge is 0.383 e. The molecule has 2 aromatic heterocycles. The predicted molar refractivity (Wildman–Crippen MR) is 90.5 cm³/mol. The van der Waals surface area contributed by atoms with Gasteiger partial charge in [-0.25, -0.2) is 0 Å². The molecule has 0 saturated heterocycles. The molecule has 1 aliphatic heterocycles. The van der Waals surface area contributed by atoms with Crippen molar-refractivity contribution in [1.82, 2.24) is 20.4 Å². The minimum Gasteiger partial charge on any atom is -0.383 e. The van der Waals surface area contributed by atoms with Crippen LogP contribution in [-0.4, -0.2) is 47.9 Å². The average molecular weight is 348 g/mol. The Morgan fingerprint density at radius 3 is 2.92 bits per heavy atom. The molecule has 0 aliphatic carbocycles. The number of carbonyl (C=O) groups is 2. The van der Waals surface area contributed by atoms with Crippen molar-refractivity contribution in [2.45, 2.75) is 25.9 Å². The molecule has 24 heavy (non-hydrogen) atoms. The molecule has 2 amide bonds. The minimum absolute atomic E-state index is 0.00742. The smallest absolute Gasteiger partial charge is 0.271 e. The van der Waals surface area contributed by atoms with E-state index in [1.165, 1.54) is 11.3 Å². The fourth-order valence-corrected chi connectivity index (χ4v) is 3.45. The summed E-state index contributed by atoms with van der Waals surface area (Å²) in [6.07, 6.45) is 0.675. The molecule has 2 aromatic rings. The normalized spacial score (nSPS) is 16.0. The van der Waals surface area contributed by atoms with Crippen LogP contribution in [0.1, 0.15) is 30.7 Å². The molecule has 3 rings (SSSR count). The van der Waals surface area contributed by atoms with Gasteiger partial charge in [0.05, 0.1) is 24.1 Å². The first-order valence-electron chi connectivity index (χ1n) is 7.78. The summed E-state index contributed by atoms with van der Waals surface area (Å²) in [7, 11) is 1.59. The lowest BCUT2D eigenvalue weighted by molar-refractivity contribution is 0.0922. The van der Waals surface area contributed by atoms with E-state index in [4.69, 9.17) is 4.74 Å². The number of nitrogens with one attached hydrogen (secondary N) is 2. The van der Waals surface area contributed by atoms with Gasteiger partial charge in [-0.05, 0) is 25.1 Å². The highest BCUT2D eigenvalue weighted by Crippen LogP contribution is 2.19. The van der Waals surface area contributed by atoms with Crippen LogP contribution in [-0.2, 0) is 17.7 Å². The van der Waals surface area contributed by atoms with E-state index < -0.39 is 0 Å². The third kappa shape index (κ3) is 3.65. The molecule has 0 bridgehead atoms. The number of carbonyl (C=O) groups excluding carboxylic acids is 2. The number of hydrogen-bond donors (Lipinski definition) is 2. The van der Waals surface area contributed by atoms with Gasteiger partial charge < -0.3 is 15.4 Å². The number of hydrogen-bond acceptors (Lipinski definition) is 5. The Labute approximate surface area is 144 Å². The van der Waals surface area contributed by atoms with Crippen molar-refractivity contribution in [3.63, 3.8) is 0 Å². The van der Waals surface area contributed by atoms with Crippen LogP contribution >= 0.6 is 11.3 Å². The van der Waals surface area contributed by atoms with Crippen LogP contribution in [0.5, 0.6) is 0 Å². The van der Waals surface area contributed by atoms with Crippen LogP contribution in [0.2, 0.25) is 0 Å². The molecule has 0 spiro atoms. The van der Waals surface area contributed by atoms with Crippen LogP contribution in [0.15, 0.2) is 18.2 Å². The van der Waals surface area contributed by atoms with Gasteiger partial charge in [-0.15, -0.1) is 11.3 Å². The Bertz CT molecular complexity index is 729. The monoisotopic (exact) mass is 348 g/mol. The van der Waals surface area contributed by atoms with Crippen molar-refractivity contribution < 1.29 is 14.3 Å². The zero-order valence-corrected chi connectivity index (χ0v) is 14.5. The lowest BCUT2D eigenvalue weighted by atomic mass is 10.2. The quantitative estimate of drug-likeness (QED) is 0.762. The number of ether oxygens (including phenoxy) is 1. The van der Waals surface area contributed by atoms with Gasteiger partial charge >= 0.3 is 0 Å². The van der Waals surface area contributed by atoms with Gasteiger partial charge in [0, 0.05) is 30.6 Å². The van der Waals surface area contributed by atoms with E-state index >= 15 is 0 Å². The second-order valence-corrected chi connectivity index (χ2v) is 7.02. The average Bonchev–Trinajstić information content (AvgIpc) is 3.21. The second kappa shape index (κ2) is 7.14. The van der Waals surface area contributed by atoms with Gasteiger partial charge in [0.15, 0.2) is 0 Å². The van der Waals surface area contributed by atoms with E-state index in [1.54, 1.807) is 17.9 Å². The van der Waals surface area contributed by atoms with Crippen LogP contribution < -0.4 is 10.6 Å². The van der Waals surface area contributed by atoms with Gasteiger partial charge in [-0.1, -0.05) is 0 Å².